The molecule has 0 aliphatic carbocycles. The molecule has 1 unspecified atom stereocenters. The highest BCUT2D eigenvalue weighted by Crippen LogP contribution is 2.27. The lowest BCUT2D eigenvalue weighted by Crippen LogP contribution is -2.28. The number of Topliss-reactive ketones (excluding diaryl/α,β-unsaturated/α-hetero) is 1. The third kappa shape index (κ3) is 17.8. The molecule has 1 atom stereocenters. The number of benzene rings is 1. The number of carboxylic acid groups (broad SMARTS) is 1. The van der Waals surface area contributed by atoms with Gasteiger partial charge in [0.25, 0.3) is 0 Å². The van der Waals surface area contributed by atoms with Crippen LogP contribution in [-0.2, 0) is 4.79 Å². The average Bonchev–Trinajstić information content (AvgIpc) is 2.92. The van der Waals surface area contributed by atoms with Crippen LogP contribution in [0.3, 0.4) is 0 Å². The van der Waals surface area contributed by atoms with Crippen molar-refractivity contribution in [2.24, 2.45) is 0 Å². The lowest BCUT2D eigenvalue weighted by molar-refractivity contribution is -0.136. The first-order valence-electron chi connectivity index (χ1n) is 16.0. The number of carboxylic acids is 1. The summed E-state index contributed by atoms with van der Waals surface area (Å²) in [5.41, 5.74) is 1.60. The second-order valence-corrected chi connectivity index (χ2v) is 17.1. The first kappa shape index (κ1) is 34.4. The summed E-state index contributed by atoms with van der Waals surface area (Å²) in [5, 5.41) is 12.1. The van der Waals surface area contributed by atoms with Gasteiger partial charge in [0.05, 0.1) is 14.5 Å². The van der Waals surface area contributed by atoms with E-state index in [9.17, 15) is 9.59 Å². The van der Waals surface area contributed by atoms with Crippen molar-refractivity contribution in [3.05, 3.63) is 29.8 Å². The summed E-state index contributed by atoms with van der Waals surface area (Å²) >= 11 is 0. The number of carbonyl (C=O) groups is 2. The van der Waals surface area contributed by atoms with E-state index in [1.54, 1.807) is 24.2 Å². The maximum atomic E-state index is 12.0. The smallest absolute Gasteiger partial charge is 0.303 e. The highest BCUT2D eigenvalue weighted by atomic mass is 28.3. The highest BCUT2D eigenvalue weighted by molar-refractivity contribution is 6.78. The predicted molar refractivity (Wildman–Crippen MR) is 167 cm³/mol. The summed E-state index contributed by atoms with van der Waals surface area (Å²) in [4.78, 5) is 22.6. The molecule has 0 saturated carbocycles. The molecule has 5 heteroatoms. The molecule has 218 valence electrons. The third-order valence-electron chi connectivity index (χ3n) is 8.30. The molecule has 0 aliphatic rings. The Bertz CT molecular complexity index is 736. The number of hydrogen-bond acceptors (Lipinski definition) is 3. The van der Waals surface area contributed by atoms with Crippen LogP contribution in [0.4, 0.5) is 5.69 Å². The zero-order valence-corrected chi connectivity index (χ0v) is 26.1. The van der Waals surface area contributed by atoms with E-state index in [1.807, 2.05) is 12.1 Å². The van der Waals surface area contributed by atoms with Crippen LogP contribution in [-0.4, -0.2) is 31.5 Å². The van der Waals surface area contributed by atoms with Gasteiger partial charge in [-0.1, -0.05) is 135 Å². The Morgan fingerprint density at radius 2 is 1.16 bits per heavy atom. The summed E-state index contributed by atoms with van der Waals surface area (Å²) in [5.74, 6) is -1.05. The fourth-order valence-corrected chi connectivity index (χ4v) is 8.44. The van der Waals surface area contributed by atoms with E-state index in [0.717, 1.165) is 18.7 Å². The summed E-state index contributed by atoms with van der Waals surface area (Å²) in [6.45, 7) is 8.37. The van der Waals surface area contributed by atoms with Crippen molar-refractivity contribution in [3.63, 3.8) is 0 Å². The van der Waals surface area contributed by atoms with E-state index in [1.165, 1.54) is 102 Å². The van der Waals surface area contributed by atoms with Crippen LogP contribution in [0.2, 0.25) is 24.7 Å². The zero-order chi connectivity index (χ0) is 27.9. The molecule has 0 radical (unpaired) electrons. The number of carbonyl (C=O) groups excluding carboxylic acids is 1. The Morgan fingerprint density at radius 3 is 1.63 bits per heavy atom. The highest BCUT2D eigenvalue weighted by Gasteiger charge is 2.23. The minimum atomic E-state index is -0.935. The molecule has 2 N–H and O–H groups in total. The fraction of sp³-hybridized carbons (Fsp3) is 0.758. The largest absolute Gasteiger partial charge is 0.481 e. The van der Waals surface area contributed by atoms with Crippen LogP contribution in [0.15, 0.2) is 24.3 Å². The molecule has 0 fully saturated rings. The van der Waals surface area contributed by atoms with Crippen LogP contribution in [0.25, 0.3) is 0 Å². The molecule has 0 bridgehead atoms. The van der Waals surface area contributed by atoms with Gasteiger partial charge in [-0.15, -0.1) is 0 Å². The fourth-order valence-electron chi connectivity index (χ4n) is 5.27. The van der Waals surface area contributed by atoms with Gasteiger partial charge >= 0.3 is 5.97 Å². The minimum Gasteiger partial charge on any atom is -0.481 e. The van der Waals surface area contributed by atoms with E-state index in [-0.39, 0.29) is 18.6 Å². The number of anilines is 1. The Labute approximate surface area is 235 Å². The molecular weight excluding hydrogens is 486 g/mol. The van der Waals surface area contributed by atoms with Crippen LogP contribution in [0.1, 0.15) is 140 Å². The van der Waals surface area contributed by atoms with Crippen molar-refractivity contribution in [2.75, 3.05) is 11.9 Å². The molecule has 1 aromatic carbocycles. The van der Waals surface area contributed by atoms with Crippen molar-refractivity contribution < 1.29 is 14.7 Å². The number of unbranched alkanes of at least 4 members (excludes halogenated alkanes) is 14. The van der Waals surface area contributed by atoms with Crippen molar-refractivity contribution >= 4 is 25.5 Å². The number of ketones is 1. The maximum Gasteiger partial charge on any atom is 0.303 e. The van der Waals surface area contributed by atoms with Crippen molar-refractivity contribution in [2.45, 2.75) is 154 Å². The van der Waals surface area contributed by atoms with Crippen molar-refractivity contribution in [1.29, 1.82) is 0 Å². The van der Waals surface area contributed by atoms with E-state index in [4.69, 9.17) is 5.11 Å². The standard InChI is InChI=1S/C33H59NO3Si/c1-4-6-7-19-28-38(3,5-2)29-20-17-15-13-11-9-8-10-12-14-16-18-27-34-31-23-21-30(22-24-31)32(35)25-26-33(36)37/h21-24,34H,4-20,25-29H2,1-3H3,(H,36,37). The normalized spacial score (nSPS) is 12.8. The molecule has 1 aromatic rings. The van der Waals surface area contributed by atoms with Gasteiger partial charge in [0.1, 0.15) is 0 Å². The van der Waals surface area contributed by atoms with E-state index in [0.29, 0.717) is 5.56 Å². The molecular formula is C33H59NO3Si. The molecule has 1 rings (SSSR count). The SMILES string of the molecule is CCCCCC[Si](C)(CC)CCCCCCCCCCCCCCNc1ccc(C(=O)CCC(=O)O)cc1. The second-order valence-electron chi connectivity index (χ2n) is 11.8. The van der Waals surface area contributed by atoms with E-state index >= 15 is 0 Å². The number of hydrogen-bond donors (Lipinski definition) is 2. The molecule has 0 aromatic heterocycles. The molecule has 4 nitrogen and oxygen atoms in total. The average molecular weight is 546 g/mol. The summed E-state index contributed by atoms with van der Waals surface area (Å²) in [6.07, 6.45) is 22.2. The second kappa shape index (κ2) is 22.2. The van der Waals surface area contributed by atoms with Gasteiger partial charge in [0, 0.05) is 24.2 Å². The van der Waals surface area contributed by atoms with Gasteiger partial charge in [-0.05, 0) is 30.7 Å². The zero-order valence-electron chi connectivity index (χ0n) is 25.1. The number of rotatable bonds is 26. The van der Waals surface area contributed by atoms with Gasteiger partial charge in [0.2, 0.25) is 0 Å². The van der Waals surface area contributed by atoms with Crippen LogP contribution < -0.4 is 5.32 Å². The lowest BCUT2D eigenvalue weighted by atomic mass is 10.1. The number of nitrogens with one attached hydrogen (secondary N) is 1. The lowest BCUT2D eigenvalue weighted by Gasteiger charge is -2.26. The molecule has 0 saturated heterocycles. The topological polar surface area (TPSA) is 66.4 Å². The van der Waals surface area contributed by atoms with Crippen molar-refractivity contribution in [3.8, 4) is 0 Å². The molecule has 0 heterocycles. The predicted octanol–water partition coefficient (Wildman–Crippen LogP) is 10.5. The van der Waals surface area contributed by atoms with Crippen LogP contribution in [0.5, 0.6) is 0 Å². The Balaban J connectivity index is 1.92. The number of aliphatic carboxylic acids is 1. The maximum absolute atomic E-state index is 12.0. The summed E-state index contributed by atoms with van der Waals surface area (Å²) in [6, 6.07) is 12.0. The summed E-state index contributed by atoms with van der Waals surface area (Å²) in [7, 11) is -0.935. The Morgan fingerprint density at radius 1 is 0.684 bits per heavy atom. The Hall–Kier alpha value is -1.62. The minimum absolute atomic E-state index is 0.0569. The van der Waals surface area contributed by atoms with Crippen LogP contribution >= 0.6 is 0 Å². The van der Waals surface area contributed by atoms with Gasteiger partial charge in [-0.25, -0.2) is 0 Å². The van der Waals surface area contributed by atoms with E-state index < -0.39 is 14.0 Å². The van der Waals surface area contributed by atoms with Gasteiger partial charge < -0.3 is 10.4 Å². The quantitative estimate of drug-likeness (QED) is 0.0690. The molecule has 38 heavy (non-hydrogen) atoms. The van der Waals surface area contributed by atoms with Gasteiger partial charge in [-0.2, -0.15) is 0 Å². The monoisotopic (exact) mass is 545 g/mol. The molecule has 0 amide bonds. The van der Waals surface area contributed by atoms with Gasteiger partial charge in [-0.3, -0.25) is 9.59 Å². The van der Waals surface area contributed by atoms with E-state index in [2.05, 4.69) is 25.7 Å². The molecule has 0 spiro atoms. The van der Waals surface area contributed by atoms with Crippen molar-refractivity contribution in [1.82, 2.24) is 0 Å². The Kier molecular flexibility index (Phi) is 20.1. The third-order valence-corrected chi connectivity index (χ3v) is 13.1. The molecule has 0 aliphatic heterocycles. The first-order chi connectivity index (χ1) is 18.4. The van der Waals surface area contributed by atoms with Gasteiger partial charge in [0.15, 0.2) is 5.78 Å². The van der Waals surface area contributed by atoms with Crippen LogP contribution in [0, 0.1) is 0 Å². The summed E-state index contributed by atoms with van der Waals surface area (Å²) < 4.78 is 0. The first-order valence-corrected chi connectivity index (χ1v) is 19.1.